The number of aromatic nitrogens is 3. The Kier molecular flexibility index (Phi) is 4.26. The zero-order valence-corrected chi connectivity index (χ0v) is 15.4. The third kappa shape index (κ3) is 2.99. The van der Waals surface area contributed by atoms with E-state index >= 15 is 0 Å². The number of fused-ring (bicyclic) bond motifs is 1. The van der Waals surface area contributed by atoms with E-state index in [4.69, 9.17) is 5.73 Å². The maximum Gasteiger partial charge on any atom is 0.157 e. The predicted octanol–water partition coefficient (Wildman–Crippen LogP) is 4.71. The van der Waals surface area contributed by atoms with Gasteiger partial charge < -0.3 is 10.5 Å². The van der Waals surface area contributed by atoms with Crippen molar-refractivity contribution in [3.05, 3.63) is 72.1 Å². The van der Waals surface area contributed by atoms with E-state index in [-0.39, 0.29) is 0 Å². The van der Waals surface area contributed by atoms with E-state index in [0.29, 0.717) is 5.82 Å². The van der Waals surface area contributed by atoms with Crippen LogP contribution in [-0.4, -0.2) is 14.6 Å². The molecule has 0 bridgehead atoms. The van der Waals surface area contributed by atoms with Crippen molar-refractivity contribution < 1.29 is 0 Å². The average molecular weight is 361 g/mol. The van der Waals surface area contributed by atoms with Gasteiger partial charge in [0, 0.05) is 28.4 Å². The smallest absolute Gasteiger partial charge is 0.157 e. The van der Waals surface area contributed by atoms with Gasteiger partial charge in [0.25, 0.3) is 0 Å². The summed E-state index contributed by atoms with van der Waals surface area (Å²) < 4.78 is 5.05. The average Bonchev–Trinajstić information content (AvgIpc) is 3.14. The van der Waals surface area contributed by atoms with Gasteiger partial charge in [0.1, 0.15) is 5.82 Å². The van der Waals surface area contributed by atoms with Crippen LogP contribution in [-0.2, 0) is 0 Å². The highest BCUT2D eigenvalue weighted by molar-refractivity contribution is 8.00. The van der Waals surface area contributed by atoms with E-state index in [1.807, 2.05) is 30.3 Å². The molecule has 0 aliphatic rings. The molecule has 4 rings (SSSR count). The van der Waals surface area contributed by atoms with Crippen LogP contribution in [0.4, 0.5) is 11.5 Å². The highest BCUT2D eigenvalue weighted by Crippen LogP contribution is 2.29. The Bertz CT molecular complexity index is 1070. The molecule has 0 aliphatic carbocycles. The van der Waals surface area contributed by atoms with E-state index in [1.165, 1.54) is 16.0 Å². The van der Waals surface area contributed by atoms with Crippen molar-refractivity contribution >= 4 is 29.1 Å². The van der Waals surface area contributed by atoms with Crippen LogP contribution in [0.15, 0.2) is 65.8 Å². The lowest BCUT2D eigenvalue weighted by Gasteiger charge is -2.11. The molecule has 4 aromatic rings. The van der Waals surface area contributed by atoms with Gasteiger partial charge in [0.2, 0.25) is 0 Å². The third-order valence-electron chi connectivity index (χ3n) is 4.48. The summed E-state index contributed by atoms with van der Waals surface area (Å²) in [7, 11) is 0. The van der Waals surface area contributed by atoms with Crippen LogP contribution < -0.4 is 10.5 Å². The fourth-order valence-electron chi connectivity index (χ4n) is 2.78. The maximum atomic E-state index is 6.24. The molecule has 0 radical (unpaired) electrons. The number of nitrogens with one attached hydrogen (secondary N) is 1. The van der Waals surface area contributed by atoms with E-state index < -0.39 is 0 Å². The zero-order chi connectivity index (χ0) is 18.1. The second kappa shape index (κ2) is 6.72. The van der Waals surface area contributed by atoms with Crippen LogP contribution in [0, 0.1) is 13.8 Å². The minimum Gasteiger partial charge on any atom is -0.383 e. The number of anilines is 2. The van der Waals surface area contributed by atoms with Gasteiger partial charge in [-0.25, -0.2) is 4.98 Å². The monoisotopic (exact) mass is 361 g/mol. The largest absolute Gasteiger partial charge is 0.383 e. The molecule has 3 N–H and O–H groups in total. The number of aryl methyl sites for hydroxylation is 1. The lowest BCUT2D eigenvalue weighted by molar-refractivity contribution is 0.954. The van der Waals surface area contributed by atoms with Crippen LogP contribution in [0.1, 0.15) is 11.1 Å². The number of nitrogen functional groups attached to an aromatic ring is 1. The summed E-state index contributed by atoms with van der Waals surface area (Å²) in [4.78, 5) is 5.62. The van der Waals surface area contributed by atoms with E-state index in [9.17, 15) is 0 Å². The molecule has 0 saturated carbocycles. The summed E-state index contributed by atoms with van der Waals surface area (Å²) >= 11 is 1.62. The molecule has 6 heteroatoms. The number of nitrogens with two attached hydrogens (primary N) is 1. The van der Waals surface area contributed by atoms with Crippen LogP contribution in [0.5, 0.6) is 0 Å². The van der Waals surface area contributed by atoms with Crippen molar-refractivity contribution in [2.75, 3.05) is 10.5 Å². The van der Waals surface area contributed by atoms with Crippen LogP contribution in [0.2, 0.25) is 0 Å². The second-order valence-corrected chi connectivity index (χ2v) is 6.99. The SMILES string of the molecule is Cc1cccc(SNc2ccc(-c3cnc4ccnn4c3N)cc2)c1C. The minimum absolute atomic E-state index is 0.588. The van der Waals surface area contributed by atoms with Crippen molar-refractivity contribution in [2.45, 2.75) is 18.7 Å². The minimum atomic E-state index is 0.588. The quantitative estimate of drug-likeness (QED) is 0.515. The van der Waals surface area contributed by atoms with Crippen molar-refractivity contribution in [1.82, 2.24) is 14.6 Å². The Hall–Kier alpha value is -2.99. The summed E-state index contributed by atoms with van der Waals surface area (Å²) in [6.07, 6.45) is 3.49. The summed E-state index contributed by atoms with van der Waals surface area (Å²) in [6.45, 7) is 4.27. The van der Waals surface area contributed by atoms with Crippen molar-refractivity contribution in [2.24, 2.45) is 0 Å². The lowest BCUT2D eigenvalue weighted by Crippen LogP contribution is -2.02. The summed E-state index contributed by atoms with van der Waals surface area (Å²) in [6, 6.07) is 16.3. The number of rotatable bonds is 4. The Morgan fingerprint density at radius 1 is 1.04 bits per heavy atom. The lowest BCUT2D eigenvalue weighted by atomic mass is 10.1. The van der Waals surface area contributed by atoms with Gasteiger partial charge in [-0.1, -0.05) is 24.3 Å². The normalized spacial score (nSPS) is 11.0. The van der Waals surface area contributed by atoms with Crippen molar-refractivity contribution in [3.63, 3.8) is 0 Å². The van der Waals surface area contributed by atoms with Gasteiger partial charge in [-0.2, -0.15) is 9.61 Å². The Morgan fingerprint density at radius 2 is 1.85 bits per heavy atom. The first kappa shape index (κ1) is 16.5. The van der Waals surface area contributed by atoms with Gasteiger partial charge in [-0.15, -0.1) is 0 Å². The molecule has 2 aromatic heterocycles. The van der Waals surface area contributed by atoms with Crippen LogP contribution in [0.25, 0.3) is 16.8 Å². The maximum absolute atomic E-state index is 6.24. The van der Waals surface area contributed by atoms with Gasteiger partial charge in [0.05, 0.1) is 6.20 Å². The molecule has 0 atom stereocenters. The first-order chi connectivity index (χ1) is 12.6. The Balaban J connectivity index is 1.54. The number of nitrogens with zero attached hydrogens (tertiary/aromatic N) is 3. The first-order valence-corrected chi connectivity index (χ1v) is 9.13. The fourth-order valence-corrected chi connectivity index (χ4v) is 3.60. The highest BCUT2D eigenvalue weighted by Gasteiger charge is 2.08. The van der Waals surface area contributed by atoms with Crippen molar-refractivity contribution in [1.29, 1.82) is 0 Å². The molecule has 130 valence electrons. The van der Waals surface area contributed by atoms with Crippen LogP contribution >= 0.6 is 11.9 Å². The van der Waals surface area contributed by atoms with Gasteiger partial charge in [-0.05, 0) is 60.7 Å². The molecule has 0 spiro atoms. The molecule has 2 aromatic carbocycles. The summed E-state index contributed by atoms with van der Waals surface area (Å²) in [5.74, 6) is 0.588. The second-order valence-electron chi connectivity index (χ2n) is 6.14. The molecule has 2 heterocycles. The molecule has 0 fully saturated rings. The van der Waals surface area contributed by atoms with Gasteiger partial charge in [0.15, 0.2) is 5.65 Å². The van der Waals surface area contributed by atoms with Crippen LogP contribution in [0.3, 0.4) is 0 Å². The molecule has 0 saturated heterocycles. The number of hydrogen-bond donors (Lipinski definition) is 2. The van der Waals surface area contributed by atoms with E-state index in [2.05, 4.69) is 46.9 Å². The molecule has 26 heavy (non-hydrogen) atoms. The van der Waals surface area contributed by atoms with Crippen molar-refractivity contribution in [3.8, 4) is 11.1 Å². The van der Waals surface area contributed by atoms with E-state index in [0.717, 1.165) is 22.5 Å². The Labute approximate surface area is 156 Å². The predicted molar refractivity (Wildman–Crippen MR) is 108 cm³/mol. The number of hydrogen-bond acceptors (Lipinski definition) is 5. The highest BCUT2D eigenvalue weighted by atomic mass is 32.2. The fraction of sp³-hybridized carbons (Fsp3) is 0.100. The standard InChI is InChI=1S/C20H19N5S/c1-13-4-3-5-18(14(13)2)26-24-16-8-6-15(7-9-16)17-12-22-19-10-11-23-25(19)20(17)21/h3-12,24H,21H2,1-2H3. The van der Waals surface area contributed by atoms with Gasteiger partial charge >= 0.3 is 0 Å². The Morgan fingerprint density at radius 3 is 2.65 bits per heavy atom. The summed E-state index contributed by atoms with van der Waals surface area (Å²) in [5, 5.41) is 4.21. The first-order valence-electron chi connectivity index (χ1n) is 8.31. The molecule has 0 aliphatic heterocycles. The van der Waals surface area contributed by atoms with E-state index in [1.54, 1.807) is 28.9 Å². The zero-order valence-electron chi connectivity index (χ0n) is 14.6. The molecular weight excluding hydrogens is 342 g/mol. The number of benzene rings is 2. The topological polar surface area (TPSA) is 68.2 Å². The molecule has 0 amide bonds. The van der Waals surface area contributed by atoms with Gasteiger partial charge in [-0.3, -0.25) is 0 Å². The third-order valence-corrected chi connectivity index (χ3v) is 5.48. The molecule has 5 nitrogen and oxygen atoms in total. The molecule has 0 unspecified atom stereocenters. The summed E-state index contributed by atoms with van der Waals surface area (Å²) in [5.41, 5.74) is 12.5. The molecular formula is C20H19N5S.